The Bertz CT molecular complexity index is 1420. The zero-order valence-electron chi connectivity index (χ0n) is 21.9. The molecule has 0 unspecified atom stereocenters. The van der Waals surface area contributed by atoms with Gasteiger partial charge < -0.3 is 15.2 Å². The molecule has 3 aromatic carbocycles. The fourth-order valence-corrected chi connectivity index (χ4v) is 5.97. The predicted molar refractivity (Wildman–Crippen MR) is 159 cm³/mol. The van der Waals surface area contributed by atoms with Gasteiger partial charge in [0.25, 0.3) is 0 Å². The number of phenols is 1. The predicted octanol–water partition coefficient (Wildman–Crippen LogP) is 6.75. The number of phenolic OH excluding ortho intramolecular Hbond substituents is 1. The van der Waals surface area contributed by atoms with Crippen LogP contribution < -0.4 is 10.1 Å². The molecule has 1 amide bonds. The van der Waals surface area contributed by atoms with Crippen LogP contribution in [0.4, 0.5) is 0 Å². The largest absolute Gasteiger partial charge is 0.508 e. The van der Waals surface area contributed by atoms with Crippen LogP contribution in [0.2, 0.25) is 10.0 Å². The van der Waals surface area contributed by atoms with Gasteiger partial charge >= 0.3 is 0 Å². The molecular formula is C32H32Cl2N2O3. The van der Waals surface area contributed by atoms with E-state index in [4.69, 9.17) is 27.9 Å². The Labute approximate surface area is 239 Å². The third kappa shape index (κ3) is 6.50. The molecule has 5 nitrogen and oxygen atoms in total. The number of hydrogen-bond donors (Lipinski definition) is 2. The number of likely N-dealkylation sites (N-methyl/N-ethyl adjacent to an activating group) is 1. The van der Waals surface area contributed by atoms with Gasteiger partial charge in [0.2, 0.25) is 5.91 Å². The lowest BCUT2D eigenvalue weighted by Gasteiger charge is -2.19. The number of carbonyl (C=O) groups excluding carboxylic acids is 1. The van der Waals surface area contributed by atoms with Crippen molar-refractivity contribution >= 4 is 40.3 Å². The van der Waals surface area contributed by atoms with E-state index in [1.165, 1.54) is 5.57 Å². The summed E-state index contributed by atoms with van der Waals surface area (Å²) < 4.78 is 6.32. The number of fused-ring (bicyclic) bond motifs is 1. The molecule has 7 heteroatoms. The Kier molecular flexibility index (Phi) is 8.61. The summed E-state index contributed by atoms with van der Waals surface area (Å²) in [4.78, 5) is 13.7. The fourth-order valence-electron chi connectivity index (χ4n) is 5.45. The number of carbonyl (C=O) groups is 1. The minimum absolute atomic E-state index is 0.0909. The number of allylic oxidation sites excluding steroid dienone is 1. The summed E-state index contributed by atoms with van der Waals surface area (Å²) in [6, 6.07) is 19.6. The first-order chi connectivity index (χ1) is 18.9. The highest BCUT2D eigenvalue weighted by Crippen LogP contribution is 2.43. The Morgan fingerprint density at radius 3 is 2.64 bits per heavy atom. The molecule has 39 heavy (non-hydrogen) atoms. The quantitative estimate of drug-likeness (QED) is 0.312. The van der Waals surface area contributed by atoms with Gasteiger partial charge in [0.1, 0.15) is 17.6 Å². The van der Waals surface area contributed by atoms with Gasteiger partial charge in [-0.1, -0.05) is 53.5 Å². The van der Waals surface area contributed by atoms with E-state index in [0.717, 1.165) is 78.9 Å². The molecular weight excluding hydrogens is 531 g/mol. The molecule has 2 aliphatic rings. The van der Waals surface area contributed by atoms with Crippen molar-refractivity contribution in [2.75, 3.05) is 26.7 Å². The maximum atomic E-state index is 11.4. The maximum absolute atomic E-state index is 11.4. The van der Waals surface area contributed by atoms with E-state index in [9.17, 15) is 9.90 Å². The Morgan fingerprint density at radius 2 is 1.87 bits per heavy atom. The van der Waals surface area contributed by atoms with Crippen LogP contribution in [-0.2, 0) is 11.2 Å². The van der Waals surface area contributed by atoms with Crippen LogP contribution in [0.1, 0.15) is 41.5 Å². The van der Waals surface area contributed by atoms with Crippen LogP contribution in [0.5, 0.6) is 11.5 Å². The molecule has 1 heterocycles. The second kappa shape index (κ2) is 12.3. The van der Waals surface area contributed by atoms with E-state index in [1.807, 2.05) is 42.5 Å². The third-order valence-corrected chi connectivity index (χ3v) is 7.89. The average Bonchev–Trinajstić information content (AvgIpc) is 3.28. The summed E-state index contributed by atoms with van der Waals surface area (Å²) in [5.41, 5.74) is 6.58. The molecule has 3 aromatic rings. The van der Waals surface area contributed by atoms with Crippen molar-refractivity contribution in [3.8, 4) is 11.5 Å². The molecule has 5 rings (SSSR count). The van der Waals surface area contributed by atoms with Gasteiger partial charge in [0.05, 0.1) is 0 Å². The topological polar surface area (TPSA) is 61.8 Å². The van der Waals surface area contributed by atoms with E-state index < -0.39 is 0 Å². The van der Waals surface area contributed by atoms with E-state index >= 15 is 0 Å². The van der Waals surface area contributed by atoms with Crippen molar-refractivity contribution in [3.05, 3.63) is 105 Å². The van der Waals surface area contributed by atoms with Crippen molar-refractivity contribution in [2.24, 2.45) is 0 Å². The Hall–Kier alpha value is -3.25. The lowest BCUT2D eigenvalue weighted by molar-refractivity contribution is -0.116. The smallest absolute Gasteiger partial charge is 0.243 e. The number of ether oxygens (including phenoxy) is 1. The molecule has 1 atom stereocenters. The number of likely N-dealkylation sites (tertiary alicyclic amines) is 1. The van der Waals surface area contributed by atoms with Crippen LogP contribution in [0.25, 0.3) is 11.1 Å². The van der Waals surface area contributed by atoms with Crippen LogP contribution >= 0.6 is 23.2 Å². The normalized spacial score (nSPS) is 17.8. The molecule has 0 bridgehead atoms. The number of amides is 1. The van der Waals surface area contributed by atoms with Crippen LogP contribution in [0, 0.1) is 0 Å². The number of benzene rings is 3. The number of hydrogen-bond acceptors (Lipinski definition) is 4. The number of halogens is 2. The zero-order valence-corrected chi connectivity index (χ0v) is 23.4. The standard InChI is InChI=1S/C32H32Cl2N2O3/c1-35-31(38)6-3-16-36-17-15-26(20-36)39-25-11-7-21(8-12-25)32-27-14-10-24(37)18-22(27)4-2-5-29(32)28-13-9-23(33)19-30(28)34/h3,6-14,18-19,26,37H,2,4-5,15-17,20H2,1H3,(H,35,38)/b6-3+/t26-/m0/s1. The molecule has 0 spiro atoms. The van der Waals surface area contributed by atoms with Gasteiger partial charge in [-0.15, -0.1) is 0 Å². The summed E-state index contributed by atoms with van der Waals surface area (Å²) >= 11 is 12.9. The van der Waals surface area contributed by atoms with E-state index in [2.05, 4.69) is 22.3 Å². The molecule has 1 aliphatic heterocycles. The lowest BCUT2D eigenvalue weighted by Crippen LogP contribution is -2.25. The number of rotatable bonds is 7. The van der Waals surface area contributed by atoms with Crippen LogP contribution in [-0.4, -0.2) is 48.7 Å². The monoisotopic (exact) mass is 562 g/mol. The van der Waals surface area contributed by atoms with Gasteiger partial charge in [0.15, 0.2) is 0 Å². The van der Waals surface area contributed by atoms with Crippen LogP contribution in [0.15, 0.2) is 72.8 Å². The summed E-state index contributed by atoms with van der Waals surface area (Å²) in [5.74, 6) is 1.02. The number of nitrogens with zero attached hydrogens (tertiary/aromatic N) is 1. The Balaban J connectivity index is 1.41. The molecule has 2 N–H and O–H groups in total. The van der Waals surface area contributed by atoms with Crippen molar-refractivity contribution < 1.29 is 14.6 Å². The summed E-state index contributed by atoms with van der Waals surface area (Å²) in [7, 11) is 1.63. The molecule has 1 fully saturated rings. The third-order valence-electron chi connectivity index (χ3n) is 7.34. The Morgan fingerprint density at radius 1 is 1.08 bits per heavy atom. The molecule has 0 saturated carbocycles. The maximum Gasteiger partial charge on any atom is 0.243 e. The van der Waals surface area contributed by atoms with Crippen LogP contribution in [0.3, 0.4) is 0 Å². The first kappa shape index (κ1) is 27.3. The zero-order chi connectivity index (χ0) is 27.4. The number of nitrogens with one attached hydrogen (secondary N) is 1. The highest BCUT2D eigenvalue weighted by atomic mass is 35.5. The second-order valence-corrected chi connectivity index (χ2v) is 10.8. The van der Waals surface area contributed by atoms with Gasteiger partial charge in [-0.25, -0.2) is 0 Å². The molecule has 0 radical (unpaired) electrons. The minimum atomic E-state index is -0.0909. The van der Waals surface area contributed by atoms with Crippen molar-refractivity contribution in [2.45, 2.75) is 31.8 Å². The van der Waals surface area contributed by atoms with Crippen molar-refractivity contribution in [1.82, 2.24) is 10.2 Å². The van der Waals surface area contributed by atoms with E-state index in [0.29, 0.717) is 10.0 Å². The number of aromatic hydroxyl groups is 1. The second-order valence-electron chi connectivity index (χ2n) is 10.0. The first-order valence-electron chi connectivity index (χ1n) is 13.3. The van der Waals surface area contributed by atoms with Gasteiger partial charge in [0, 0.05) is 42.8 Å². The molecule has 202 valence electrons. The highest BCUT2D eigenvalue weighted by molar-refractivity contribution is 6.36. The fraction of sp³-hybridized carbons (Fsp3) is 0.281. The van der Waals surface area contributed by atoms with Crippen molar-refractivity contribution in [1.29, 1.82) is 0 Å². The van der Waals surface area contributed by atoms with Crippen molar-refractivity contribution in [3.63, 3.8) is 0 Å². The van der Waals surface area contributed by atoms with E-state index in [-0.39, 0.29) is 17.8 Å². The summed E-state index contributed by atoms with van der Waals surface area (Å²) in [5, 5.41) is 14.0. The van der Waals surface area contributed by atoms with Gasteiger partial charge in [-0.2, -0.15) is 0 Å². The van der Waals surface area contributed by atoms with Gasteiger partial charge in [-0.3, -0.25) is 9.69 Å². The van der Waals surface area contributed by atoms with Gasteiger partial charge in [-0.05, 0) is 95.5 Å². The SMILES string of the molecule is CNC(=O)/C=C/CN1CC[C@H](Oc2ccc(C3=C(c4ccc(Cl)cc4Cl)CCCc4cc(O)ccc43)cc2)C1. The molecule has 1 saturated heterocycles. The highest BCUT2D eigenvalue weighted by Gasteiger charge is 2.24. The van der Waals surface area contributed by atoms with E-state index in [1.54, 1.807) is 25.3 Å². The average molecular weight is 564 g/mol. The molecule has 0 aromatic heterocycles. The summed E-state index contributed by atoms with van der Waals surface area (Å²) in [6.45, 7) is 2.48. The summed E-state index contributed by atoms with van der Waals surface area (Å²) in [6.07, 6.45) is 7.19. The lowest BCUT2D eigenvalue weighted by atomic mass is 9.88. The minimum Gasteiger partial charge on any atom is -0.508 e. The first-order valence-corrected chi connectivity index (χ1v) is 14.1. The molecule has 1 aliphatic carbocycles. The number of aryl methyl sites for hydroxylation is 1.